The van der Waals surface area contributed by atoms with E-state index in [-0.39, 0.29) is 10.6 Å². The summed E-state index contributed by atoms with van der Waals surface area (Å²) in [6.45, 7) is 4.35. The highest BCUT2D eigenvalue weighted by atomic mass is 16.6. The van der Waals surface area contributed by atoms with Crippen LogP contribution in [0.4, 0.5) is 11.4 Å². The third kappa shape index (κ3) is 1.79. The van der Waals surface area contributed by atoms with Gasteiger partial charge in [-0.3, -0.25) is 15.0 Å². The molecule has 4 heterocycles. The van der Waals surface area contributed by atoms with Crippen LogP contribution in [0, 0.1) is 10.1 Å². The molecular weight excluding hydrogens is 256 g/mol. The summed E-state index contributed by atoms with van der Waals surface area (Å²) < 4.78 is 0. The number of fused-ring (bicyclic) bond motifs is 2. The molecule has 20 heavy (non-hydrogen) atoms. The molecule has 6 nitrogen and oxygen atoms in total. The fourth-order valence-corrected chi connectivity index (χ4v) is 3.72. The first-order valence-electron chi connectivity index (χ1n) is 7.20. The maximum Gasteiger partial charge on any atom is 0.269 e. The van der Waals surface area contributed by atoms with Gasteiger partial charge in [0.15, 0.2) is 0 Å². The topological polar surface area (TPSA) is 61.7 Å². The SMILES string of the molecule is O=[N+]([O-])c1ccc(N2CC3CC(C2)N3C2CNC2)cc1. The van der Waals surface area contributed by atoms with Crippen molar-refractivity contribution in [1.82, 2.24) is 10.2 Å². The van der Waals surface area contributed by atoms with E-state index in [2.05, 4.69) is 15.1 Å². The van der Waals surface area contributed by atoms with Crippen molar-refractivity contribution in [3.05, 3.63) is 34.4 Å². The Bertz CT molecular complexity index is 516. The van der Waals surface area contributed by atoms with E-state index in [1.807, 2.05) is 12.1 Å². The number of nitro groups is 1. The van der Waals surface area contributed by atoms with Crippen LogP contribution < -0.4 is 10.2 Å². The first-order chi connectivity index (χ1) is 9.72. The molecule has 0 spiro atoms. The highest BCUT2D eigenvalue weighted by Crippen LogP contribution is 2.37. The molecule has 4 aliphatic rings. The van der Waals surface area contributed by atoms with Crippen LogP contribution in [0.15, 0.2) is 24.3 Å². The quantitative estimate of drug-likeness (QED) is 0.653. The van der Waals surface area contributed by atoms with Gasteiger partial charge in [0, 0.05) is 62.1 Å². The van der Waals surface area contributed by atoms with Crippen LogP contribution in [-0.4, -0.2) is 54.1 Å². The zero-order valence-corrected chi connectivity index (χ0v) is 11.2. The van der Waals surface area contributed by atoms with Crippen molar-refractivity contribution in [3.63, 3.8) is 0 Å². The zero-order chi connectivity index (χ0) is 13.7. The molecular formula is C14H18N4O2. The largest absolute Gasteiger partial charge is 0.368 e. The Balaban J connectivity index is 1.45. The lowest BCUT2D eigenvalue weighted by molar-refractivity contribution is -0.384. The van der Waals surface area contributed by atoms with Crippen molar-refractivity contribution in [1.29, 1.82) is 0 Å². The van der Waals surface area contributed by atoms with Crippen LogP contribution >= 0.6 is 0 Å². The standard InChI is InChI=1S/C14H18N4O2/c19-18(20)11-3-1-10(2-4-11)16-8-12-5-13(9-16)17(12)14-6-15-7-14/h1-4,12-15H,5-9H2. The molecule has 2 atom stereocenters. The van der Waals surface area contributed by atoms with Gasteiger partial charge in [-0.15, -0.1) is 0 Å². The van der Waals surface area contributed by atoms with Gasteiger partial charge in [-0.05, 0) is 18.6 Å². The molecule has 0 aromatic heterocycles. The molecule has 6 heteroatoms. The number of rotatable bonds is 3. The Morgan fingerprint density at radius 3 is 2.25 bits per heavy atom. The molecule has 106 valence electrons. The third-order valence-corrected chi connectivity index (χ3v) is 4.86. The van der Waals surface area contributed by atoms with Crippen molar-refractivity contribution in [3.8, 4) is 0 Å². The van der Waals surface area contributed by atoms with E-state index in [4.69, 9.17) is 0 Å². The lowest BCUT2D eigenvalue weighted by Gasteiger charge is -2.61. The molecule has 1 N–H and O–H groups in total. The number of benzene rings is 1. The predicted molar refractivity (Wildman–Crippen MR) is 76.0 cm³/mol. The fraction of sp³-hybridized carbons (Fsp3) is 0.571. The van der Waals surface area contributed by atoms with E-state index in [1.165, 1.54) is 6.42 Å². The summed E-state index contributed by atoms with van der Waals surface area (Å²) in [6.07, 6.45) is 1.31. The smallest absolute Gasteiger partial charge is 0.269 e. The van der Waals surface area contributed by atoms with Gasteiger partial charge >= 0.3 is 0 Å². The van der Waals surface area contributed by atoms with E-state index in [0.29, 0.717) is 12.1 Å². The molecule has 0 radical (unpaired) electrons. The summed E-state index contributed by atoms with van der Waals surface area (Å²) in [7, 11) is 0. The minimum Gasteiger partial charge on any atom is -0.368 e. The van der Waals surface area contributed by atoms with Crippen LogP contribution in [0.3, 0.4) is 0 Å². The third-order valence-electron chi connectivity index (χ3n) is 4.86. The Morgan fingerprint density at radius 2 is 1.75 bits per heavy atom. The maximum atomic E-state index is 10.7. The number of non-ortho nitro benzene ring substituents is 1. The van der Waals surface area contributed by atoms with Crippen molar-refractivity contribution >= 4 is 11.4 Å². The number of nitro benzene ring substituents is 1. The fourth-order valence-electron chi connectivity index (χ4n) is 3.72. The molecule has 0 amide bonds. The number of anilines is 1. The van der Waals surface area contributed by atoms with E-state index in [9.17, 15) is 10.1 Å². The van der Waals surface area contributed by atoms with Crippen LogP contribution in [0.1, 0.15) is 6.42 Å². The number of hydrogen-bond donors (Lipinski definition) is 1. The van der Waals surface area contributed by atoms with Crippen LogP contribution in [0.2, 0.25) is 0 Å². The van der Waals surface area contributed by atoms with Gasteiger partial charge in [0.05, 0.1) is 4.92 Å². The minimum atomic E-state index is -0.344. The van der Waals surface area contributed by atoms with Crippen LogP contribution in [0.5, 0.6) is 0 Å². The van der Waals surface area contributed by atoms with Gasteiger partial charge in [-0.25, -0.2) is 0 Å². The van der Waals surface area contributed by atoms with Crippen molar-refractivity contribution in [2.24, 2.45) is 0 Å². The number of nitrogens with zero attached hydrogens (tertiary/aromatic N) is 3. The van der Waals surface area contributed by atoms with E-state index >= 15 is 0 Å². The molecule has 0 saturated carbocycles. The second kappa shape index (κ2) is 4.43. The minimum absolute atomic E-state index is 0.165. The van der Waals surface area contributed by atoms with Gasteiger partial charge in [-0.2, -0.15) is 0 Å². The van der Waals surface area contributed by atoms with Gasteiger partial charge < -0.3 is 10.2 Å². The average molecular weight is 274 g/mol. The first-order valence-corrected chi connectivity index (χ1v) is 7.20. The molecule has 4 fully saturated rings. The predicted octanol–water partition coefficient (Wildman–Crippen LogP) is 0.829. The summed E-state index contributed by atoms with van der Waals surface area (Å²) in [5.74, 6) is 0. The molecule has 1 aromatic rings. The molecule has 2 bridgehead atoms. The van der Waals surface area contributed by atoms with E-state index < -0.39 is 0 Å². The summed E-state index contributed by atoms with van der Waals surface area (Å²) in [6, 6.07) is 9.01. The second-order valence-electron chi connectivity index (χ2n) is 5.98. The Morgan fingerprint density at radius 1 is 1.10 bits per heavy atom. The van der Waals surface area contributed by atoms with Crippen molar-refractivity contribution in [2.75, 3.05) is 31.1 Å². The number of piperidine rings is 1. The zero-order valence-electron chi connectivity index (χ0n) is 11.2. The summed E-state index contributed by atoms with van der Waals surface area (Å²) in [5, 5.41) is 14.0. The average Bonchev–Trinajstić information content (AvgIpc) is 2.43. The normalized spacial score (nSPS) is 29.7. The number of piperazine rings is 1. The van der Waals surface area contributed by atoms with Gasteiger partial charge in [0.2, 0.25) is 0 Å². The molecule has 5 rings (SSSR count). The Hall–Kier alpha value is -1.66. The Kier molecular flexibility index (Phi) is 2.68. The summed E-state index contributed by atoms with van der Waals surface area (Å²) >= 11 is 0. The number of hydrogen-bond acceptors (Lipinski definition) is 5. The van der Waals surface area contributed by atoms with E-state index in [1.54, 1.807) is 12.1 Å². The van der Waals surface area contributed by atoms with Crippen molar-refractivity contribution < 1.29 is 4.92 Å². The highest BCUT2D eigenvalue weighted by molar-refractivity contribution is 5.52. The van der Waals surface area contributed by atoms with Crippen LogP contribution in [-0.2, 0) is 0 Å². The molecule has 2 unspecified atom stereocenters. The maximum absolute atomic E-state index is 10.7. The monoisotopic (exact) mass is 274 g/mol. The molecule has 4 aliphatic heterocycles. The second-order valence-corrected chi connectivity index (χ2v) is 5.98. The van der Waals surface area contributed by atoms with Gasteiger partial charge in [0.1, 0.15) is 0 Å². The lowest BCUT2D eigenvalue weighted by atomic mass is 9.84. The molecule has 1 aromatic carbocycles. The van der Waals surface area contributed by atoms with Crippen molar-refractivity contribution in [2.45, 2.75) is 24.5 Å². The molecule has 4 saturated heterocycles. The summed E-state index contributed by atoms with van der Waals surface area (Å²) in [5.41, 5.74) is 1.27. The highest BCUT2D eigenvalue weighted by Gasteiger charge is 2.48. The first kappa shape index (κ1) is 12.1. The van der Waals surface area contributed by atoms with Crippen LogP contribution in [0.25, 0.3) is 0 Å². The summed E-state index contributed by atoms with van der Waals surface area (Å²) in [4.78, 5) is 15.4. The molecule has 0 aliphatic carbocycles. The van der Waals surface area contributed by atoms with Gasteiger partial charge in [-0.1, -0.05) is 0 Å². The van der Waals surface area contributed by atoms with Gasteiger partial charge in [0.25, 0.3) is 5.69 Å². The number of nitrogens with one attached hydrogen (secondary N) is 1. The lowest BCUT2D eigenvalue weighted by Crippen LogP contribution is -2.76. The Labute approximate surface area is 117 Å². The van der Waals surface area contributed by atoms with E-state index in [0.717, 1.165) is 37.9 Å².